The topological polar surface area (TPSA) is 90.2 Å². The Kier molecular flexibility index (Phi) is 4.58. The second-order valence-electron chi connectivity index (χ2n) is 6.94. The number of aromatic nitrogens is 2. The van der Waals surface area contributed by atoms with E-state index in [2.05, 4.69) is 14.9 Å². The number of hydrogen-bond acceptors (Lipinski definition) is 6. The highest BCUT2D eigenvalue weighted by Crippen LogP contribution is 2.31. The minimum atomic E-state index is -3.62. The zero-order valence-corrected chi connectivity index (χ0v) is 16.0. The summed E-state index contributed by atoms with van der Waals surface area (Å²) in [6, 6.07) is 8.05. The molecule has 1 aromatic heterocycles. The summed E-state index contributed by atoms with van der Waals surface area (Å²) in [7, 11) is -3.62. The molecule has 0 bridgehead atoms. The Morgan fingerprint density at radius 3 is 2.44 bits per heavy atom. The Hall–Kier alpha value is -2.50. The van der Waals surface area contributed by atoms with Crippen LogP contribution in [0.25, 0.3) is 0 Å². The first-order valence-corrected chi connectivity index (χ1v) is 10.5. The van der Waals surface area contributed by atoms with Gasteiger partial charge in [0.1, 0.15) is 11.6 Å². The molecule has 1 fully saturated rings. The highest BCUT2D eigenvalue weighted by atomic mass is 32.2. The van der Waals surface area contributed by atoms with Gasteiger partial charge < -0.3 is 4.90 Å². The summed E-state index contributed by atoms with van der Waals surface area (Å²) in [5, 5.41) is 8.90. The summed E-state index contributed by atoms with van der Waals surface area (Å²) >= 11 is 0. The second-order valence-corrected chi connectivity index (χ2v) is 8.88. The van der Waals surface area contributed by atoms with Gasteiger partial charge in [-0.05, 0) is 50.5 Å². The summed E-state index contributed by atoms with van der Waals surface area (Å²) in [6.45, 7) is 4.50. The largest absolute Gasteiger partial charge is 0.356 e. The summed E-state index contributed by atoms with van der Waals surface area (Å²) in [4.78, 5) is 11.7. The van der Waals surface area contributed by atoms with Crippen LogP contribution >= 0.6 is 0 Å². The lowest BCUT2D eigenvalue weighted by Crippen LogP contribution is -2.37. The molecule has 7 nitrogen and oxygen atoms in total. The fourth-order valence-corrected chi connectivity index (χ4v) is 5.16. The summed E-state index contributed by atoms with van der Waals surface area (Å²) < 4.78 is 27.5. The van der Waals surface area contributed by atoms with Crippen molar-refractivity contribution >= 4 is 15.8 Å². The van der Waals surface area contributed by atoms with Gasteiger partial charge in [0, 0.05) is 25.2 Å². The third kappa shape index (κ3) is 3.29. The van der Waals surface area contributed by atoms with E-state index < -0.39 is 10.0 Å². The molecule has 4 rings (SSSR count). The number of nitriles is 1. The highest BCUT2D eigenvalue weighted by Gasteiger charge is 2.32. The highest BCUT2D eigenvalue weighted by molar-refractivity contribution is 7.89. The van der Waals surface area contributed by atoms with Gasteiger partial charge in [0.25, 0.3) is 0 Å². The van der Waals surface area contributed by atoms with Crippen LogP contribution in [0.4, 0.5) is 5.82 Å². The van der Waals surface area contributed by atoms with Crippen LogP contribution in [-0.2, 0) is 23.0 Å². The molecule has 3 heterocycles. The molecule has 0 spiro atoms. The number of nitrogens with zero attached hydrogens (tertiary/aromatic N) is 5. The molecule has 1 saturated heterocycles. The van der Waals surface area contributed by atoms with Crippen molar-refractivity contribution in [3.8, 4) is 6.07 Å². The smallest absolute Gasteiger partial charge is 0.243 e. The molecule has 27 heavy (non-hydrogen) atoms. The number of rotatable bonds is 3. The van der Waals surface area contributed by atoms with Gasteiger partial charge in [-0.2, -0.15) is 9.57 Å². The van der Waals surface area contributed by atoms with Crippen molar-refractivity contribution in [1.29, 1.82) is 5.26 Å². The summed E-state index contributed by atoms with van der Waals surface area (Å²) in [5.74, 6) is 1.65. The Morgan fingerprint density at radius 2 is 1.78 bits per heavy atom. The van der Waals surface area contributed by atoms with Crippen LogP contribution in [0.15, 0.2) is 29.2 Å². The van der Waals surface area contributed by atoms with Crippen molar-refractivity contribution < 1.29 is 8.42 Å². The van der Waals surface area contributed by atoms with E-state index in [-0.39, 0.29) is 11.4 Å². The monoisotopic (exact) mass is 383 g/mol. The molecule has 2 aromatic rings. The predicted octanol–water partition coefficient (Wildman–Crippen LogP) is 2.00. The zero-order valence-electron chi connectivity index (χ0n) is 15.2. The average molecular weight is 383 g/mol. The van der Waals surface area contributed by atoms with Gasteiger partial charge in [0.2, 0.25) is 10.0 Å². The quantitative estimate of drug-likeness (QED) is 0.805. The number of benzene rings is 1. The van der Waals surface area contributed by atoms with Gasteiger partial charge in [-0.1, -0.05) is 0 Å². The second kappa shape index (κ2) is 6.91. The predicted molar refractivity (Wildman–Crippen MR) is 101 cm³/mol. The molecule has 0 aliphatic carbocycles. The van der Waals surface area contributed by atoms with Crippen LogP contribution in [0, 0.1) is 18.3 Å². The Bertz CT molecular complexity index is 1010. The molecule has 0 atom stereocenters. The molecule has 140 valence electrons. The van der Waals surface area contributed by atoms with Crippen LogP contribution in [-0.4, -0.2) is 42.3 Å². The molecular weight excluding hydrogens is 362 g/mol. The lowest BCUT2D eigenvalue weighted by atomic mass is 10.1. The van der Waals surface area contributed by atoms with E-state index in [4.69, 9.17) is 5.26 Å². The Morgan fingerprint density at radius 1 is 1.07 bits per heavy atom. The summed E-state index contributed by atoms with van der Waals surface area (Å²) in [5.41, 5.74) is 2.32. The van der Waals surface area contributed by atoms with E-state index in [9.17, 15) is 8.42 Å². The normalized spacial score (nSPS) is 17.6. The van der Waals surface area contributed by atoms with E-state index in [0.29, 0.717) is 24.4 Å². The fraction of sp³-hybridized carbons (Fsp3) is 0.421. The van der Waals surface area contributed by atoms with E-state index in [0.717, 1.165) is 43.0 Å². The maximum absolute atomic E-state index is 13.0. The molecule has 0 radical (unpaired) electrons. The number of fused-ring (bicyclic) bond motifs is 1. The van der Waals surface area contributed by atoms with Crippen LogP contribution in [0.3, 0.4) is 0 Å². The maximum atomic E-state index is 13.0. The molecule has 1 aromatic carbocycles. The van der Waals surface area contributed by atoms with Crippen LogP contribution in [0.5, 0.6) is 0 Å². The lowest BCUT2D eigenvalue weighted by Gasteiger charge is -2.30. The van der Waals surface area contributed by atoms with Crippen molar-refractivity contribution in [1.82, 2.24) is 14.3 Å². The SMILES string of the molecule is Cc1nc2c(c(N3CCCC3)n1)CCN(S(=O)(=O)c1ccc(C#N)cc1)C2. The summed E-state index contributed by atoms with van der Waals surface area (Å²) in [6.07, 6.45) is 2.94. The number of anilines is 1. The first-order chi connectivity index (χ1) is 13.0. The molecular formula is C19H21N5O2S. The average Bonchev–Trinajstić information content (AvgIpc) is 3.21. The molecule has 0 unspecified atom stereocenters. The zero-order chi connectivity index (χ0) is 19.0. The molecule has 0 saturated carbocycles. The first-order valence-electron chi connectivity index (χ1n) is 9.11. The fourth-order valence-electron chi connectivity index (χ4n) is 3.75. The Balaban J connectivity index is 1.65. The standard InChI is InChI=1S/C19H21N5O2S/c1-14-21-18-13-24(27(25,26)16-6-4-15(12-20)5-7-16)11-8-17(18)19(22-14)23-9-2-3-10-23/h4-7H,2-3,8-11,13H2,1H3. The van der Waals surface area contributed by atoms with Crippen molar-refractivity contribution in [3.63, 3.8) is 0 Å². The third-order valence-electron chi connectivity index (χ3n) is 5.15. The minimum Gasteiger partial charge on any atom is -0.356 e. The number of aryl methyl sites for hydroxylation is 1. The van der Waals surface area contributed by atoms with Crippen LogP contribution in [0.1, 0.15) is 35.5 Å². The van der Waals surface area contributed by atoms with Gasteiger partial charge in [0.15, 0.2) is 0 Å². The van der Waals surface area contributed by atoms with E-state index in [1.54, 1.807) is 0 Å². The van der Waals surface area contributed by atoms with E-state index in [1.807, 2.05) is 13.0 Å². The van der Waals surface area contributed by atoms with Gasteiger partial charge >= 0.3 is 0 Å². The van der Waals surface area contributed by atoms with Gasteiger partial charge in [0.05, 0.1) is 28.8 Å². The molecule has 2 aliphatic heterocycles. The van der Waals surface area contributed by atoms with Crippen molar-refractivity contribution in [2.75, 3.05) is 24.5 Å². The maximum Gasteiger partial charge on any atom is 0.243 e. The van der Waals surface area contributed by atoms with Crippen molar-refractivity contribution in [2.45, 2.75) is 37.6 Å². The number of sulfonamides is 1. The number of hydrogen-bond donors (Lipinski definition) is 0. The Labute approximate surface area is 159 Å². The molecule has 2 aliphatic rings. The first kappa shape index (κ1) is 17.9. The molecule has 0 N–H and O–H groups in total. The van der Waals surface area contributed by atoms with Crippen molar-refractivity contribution in [3.05, 3.63) is 46.9 Å². The van der Waals surface area contributed by atoms with Crippen LogP contribution in [0.2, 0.25) is 0 Å². The molecule has 8 heteroatoms. The minimum absolute atomic E-state index is 0.204. The van der Waals surface area contributed by atoms with Gasteiger partial charge in [-0.3, -0.25) is 0 Å². The van der Waals surface area contributed by atoms with Crippen LogP contribution < -0.4 is 4.90 Å². The van der Waals surface area contributed by atoms with Crippen molar-refractivity contribution in [2.24, 2.45) is 0 Å². The van der Waals surface area contributed by atoms with Gasteiger partial charge in [-0.25, -0.2) is 18.4 Å². The third-order valence-corrected chi connectivity index (χ3v) is 7.01. The van der Waals surface area contributed by atoms with Gasteiger partial charge in [-0.15, -0.1) is 0 Å². The van der Waals surface area contributed by atoms with E-state index in [1.165, 1.54) is 28.6 Å². The van der Waals surface area contributed by atoms with E-state index >= 15 is 0 Å². The lowest BCUT2D eigenvalue weighted by molar-refractivity contribution is 0.384. The molecule has 0 amide bonds.